The monoisotopic (exact) mass is 373 g/mol. The smallest absolute Gasteiger partial charge is 0.230 e. The van der Waals surface area contributed by atoms with E-state index in [2.05, 4.69) is 39.0 Å². The maximum atomic E-state index is 13.2. The molecule has 2 aromatic rings. The lowest BCUT2D eigenvalue weighted by molar-refractivity contribution is -0.123. The second-order valence-electron chi connectivity index (χ2n) is 7.43. The number of rotatable bonds is 4. The van der Waals surface area contributed by atoms with Gasteiger partial charge in [-0.3, -0.25) is 4.79 Å². The summed E-state index contributed by atoms with van der Waals surface area (Å²) >= 11 is 6.35. The van der Waals surface area contributed by atoms with Crippen LogP contribution in [0.25, 0.3) is 10.4 Å². The maximum Gasteiger partial charge on any atom is 0.230 e. The lowest BCUT2D eigenvalue weighted by Gasteiger charge is -2.33. The second-order valence-corrected chi connectivity index (χ2v) is 9.23. The van der Waals surface area contributed by atoms with Crippen LogP contribution in [0.15, 0.2) is 40.6 Å². The number of thiol groups is 1. The summed E-state index contributed by atoms with van der Waals surface area (Å²) in [5, 5.41) is 0. The number of hydrogen-bond acceptors (Lipinski definition) is 3. The predicted molar refractivity (Wildman–Crippen MR) is 111 cm³/mol. The van der Waals surface area contributed by atoms with E-state index in [0.717, 1.165) is 46.4 Å². The molecular formula is C21H27NOS2. The number of carbonyl (C=O) groups excluding carboxylic acids is 1. The van der Waals surface area contributed by atoms with Gasteiger partial charge in [-0.25, -0.2) is 0 Å². The van der Waals surface area contributed by atoms with Gasteiger partial charge in [0.25, 0.3) is 0 Å². The van der Waals surface area contributed by atoms with E-state index in [0.29, 0.717) is 0 Å². The second kappa shape index (κ2) is 7.96. The summed E-state index contributed by atoms with van der Waals surface area (Å²) in [5.74, 6) is 1.18. The molecule has 1 fully saturated rings. The van der Waals surface area contributed by atoms with E-state index in [9.17, 15) is 4.79 Å². The zero-order valence-electron chi connectivity index (χ0n) is 15.2. The highest BCUT2D eigenvalue weighted by molar-refractivity contribution is 7.83. The normalized spacial score (nSPS) is 20.7. The van der Waals surface area contributed by atoms with E-state index in [1.807, 2.05) is 23.1 Å². The van der Waals surface area contributed by atoms with Gasteiger partial charge in [0.2, 0.25) is 5.91 Å². The van der Waals surface area contributed by atoms with Crippen molar-refractivity contribution in [2.45, 2.75) is 56.7 Å². The molecule has 1 amide bonds. The average molecular weight is 374 g/mol. The van der Waals surface area contributed by atoms with Crippen LogP contribution in [-0.4, -0.2) is 11.9 Å². The molecule has 134 valence electrons. The molecule has 0 aliphatic heterocycles. The van der Waals surface area contributed by atoms with Crippen molar-refractivity contribution in [2.75, 3.05) is 4.90 Å². The quantitative estimate of drug-likeness (QED) is 0.626. The first-order valence-electron chi connectivity index (χ1n) is 9.18. The van der Waals surface area contributed by atoms with E-state index < -0.39 is 0 Å². The molecule has 1 heterocycles. The predicted octanol–water partition coefficient (Wildman–Crippen LogP) is 6.27. The Bertz CT molecular complexity index is 715. The summed E-state index contributed by atoms with van der Waals surface area (Å²) < 4.78 is 0.921. The highest BCUT2D eigenvalue weighted by Gasteiger charge is 2.31. The van der Waals surface area contributed by atoms with Crippen molar-refractivity contribution >= 4 is 35.6 Å². The fraction of sp³-hybridized carbons (Fsp3) is 0.476. The molecule has 0 N–H and O–H groups in total. The molecule has 0 unspecified atom stereocenters. The maximum absolute atomic E-state index is 13.2. The van der Waals surface area contributed by atoms with Crippen LogP contribution >= 0.6 is 24.0 Å². The van der Waals surface area contributed by atoms with Crippen LogP contribution in [0.4, 0.5) is 5.69 Å². The Labute approximate surface area is 160 Å². The summed E-state index contributed by atoms with van der Waals surface area (Å²) in [6.07, 6.45) is 4.35. The molecule has 1 aromatic carbocycles. The van der Waals surface area contributed by atoms with Gasteiger partial charge in [0.1, 0.15) is 0 Å². The Morgan fingerprint density at radius 1 is 1.16 bits per heavy atom. The van der Waals surface area contributed by atoms with Crippen LogP contribution in [0.5, 0.6) is 0 Å². The van der Waals surface area contributed by atoms with Gasteiger partial charge in [-0.1, -0.05) is 37.3 Å². The summed E-state index contributed by atoms with van der Waals surface area (Å²) in [6.45, 7) is 6.48. The fourth-order valence-corrected chi connectivity index (χ4v) is 5.01. The summed E-state index contributed by atoms with van der Waals surface area (Å²) in [4.78, 5) is 16.4. The third kappa shape index (κ3) is 4.12. The number of benzene rings is 1. The van der Waals surface area contributed by atoms with Gasteiger partial charge in [0.15, 0.2) is 0 Å². The molecule has 0 bridgehead atoms. The summed E-state index contributed by atoms with van der Waals surface area (Å²) in [6, 6.07) is 12.6. The zero-order valence-corrected chi connectivity index (χ0v) is 16.9. The van der Waals surface area contributed by atoms with Crippen molar-refractivity contribution in [3.63, 3.8) is 0 Å². The molecule has 2 nitrogen and oxygen atoms in total. The zero-order chi connectivity index (χ0) is 18.0. The van der Waals surface area contributed by atoms with E-state index in [-0.39, 0.29) is 17.9 Å². The molecule has 25 heavy (non-hydrogen) atoms. The van der Waals surface area contributed by atoms with E-state index in [4.69, 9.17) is 12.6 Å². The molecule has 1 saturated carbocycles. The minimum Gasteiger partial charge on any atom is -0.308 e. The number of thiophene rings is 1. The third-order valence-corrected chi connectivity index (χ3v) is 6.61. The van der Waals surface area contributed by atoms with Gasteiger partial charge in [-0.05, 0) is 57.1 Å². The van der Waals surface area contributed by atoms with Crippen molar-refractivity contribution < 1.29 is 4.79 Å². The molecule has 1 aromatic heterocycles. The number of hydrogen-bond donors (Lipinski definition) is 1. The lowest BCUT2D eigenvalue weighted by atomic mass is 9.82. The van der Waals surface area contributed by atoms with Crippen molar-refractivity contribution in [3.8, 4) is 10.4 Å². The van der Waals surface area contributed by atoms with Crippen molar-refractivity contribution in [1.29, 1.82) is 0 Å². The Morgan fingerprint density at radius 3 is 2.40 bits per heavy atom. The summed E-state index contributed by atoms with van der Waals surface area (Å²) in [5.41, 5.74) is 2.14. The molecule has 1 aliphatic rings. The Hall–Kier alpha value is -1.26. The molecule has 4 heteroatoms. The van der Waals surface area contributed by atoms with Gasteiger partial charge in [-0.2, -0.15) is 0 Å². The van der Waals surface area contributed by atoms with Crippen molar-refractivity contribution in [2.24, 2.45) is 11.8 Å². The van der Waals surface area contributed by atoms with Gasteiger partial charge in [0.05, 0.1) is 9.90 Å². The minimum absolute atomic E-state index is 0.135. The topological polar surface area (TPSA) is 20.3 Å². The van der Waals surface area contributed by atoms with Crippen LogP contribution in [0, 0.1) is 11.8 Å². The highest BCUT2D eigenvalue weighted by atomic mass is 32.2. The Balaban J connectivity index is 1.88. The number of carbonyl (C=O) groups is 1. The molecular weight excluding hydrogens is 346 g/mol. The average Bonchev–Trinajstić information content (AvgIpc) is 2.98. The van der Waals surface area contributed by atoms with Crippen LogP contribution < -0.4 is 4.90 Å². The third-order valence-electron chi connectivity index (χ3n) is 5.13. The van der Waals surface area contributed by atoms with Crippen molar-refractivity contribution in [3.05, 3.63) is 36.4 Å². The molecule has 3 rings (SSSR count). The Kier molecular flexibility index (Phi) is 5.90. The molecule has 0 radical (unpaired) electrons. The summed E-state index contributed by atoms with van der Waals surface area (Å²) in [7, 11) is 0. The van der Waals surface area contributed by atoms with Gasteiger partial charge >= 0.3 is 0 Å². The van der Waals surface area contributed by atoms with Gasteiger partial charge in [0, 0.05) is 16.8 Å². The number of anilines is 1. The van der Waals surface area contributed by atoms with Gasteiger partial charge < -0.3 is 4.90 Å². The van der Waals surface area contributed by atoms with E-state index >= 15 is 0 Å². The van der Waals surface area contributed by atoms with Crippen LogP contribution in [-0.2, 0) is 4.79 Å². The fourth-order valence-electron chi connectivity index (χ4n) is 3.64. The molecule has 0 saturated heterocycles. The van der Waals surface area contributed by atoms with Crippen LogP contribution in [0.2, 0.25) is 0 Å². The first-order valence-corrected chi connectivity index (χ1v) is 10.4. The van der Waals surface area contributed by atoms with E-state index in [1.165, 1.54) is 5.56 Å². The van der Waals surface area contributed by atoms with Crippen LogP contribution in [0.1, 0.15) is 46.5 Å². The molecule has 0 atom stereocenters. The largest absolute Gasteiger partial charge is 0.308 e. The van der Waals surface area contributed by atoms with Gasteiger partial charge in [-0.15, -0.1) is 24.0 Å². The first kappa shape index (κ1) is 18.5. The Morgan fingerprint density at radius 2 is 1.80 bits per heavy atom. The lowest BCUT2D eigenvalue weighted by Crippen LogP contribution is -2.42. The standard InChI is InChI=1S/C21H27NOS2/c1-14(2)22(20(23)17-11-9-15(3)10-12-17)18-13-19(25-21(18)24)16-7-5-4-6-8-16/h4-8,13-15,17,24H,9-12H2,1-3H3. The number of nitrogens with zero attached hydrogens (tertiary/aromatic N) is 1. The van der Waals surface area contributed by atoms with Crippen LogP contribution in [0.3, 0.4) is 0 Å². The molecule has 1 aliphatic carbocycles. The number of amides is 1. The minimum atomic E-state index is 0.135. The van der Waals surface area contributed by atoms with Crippen molar-refractivity contribution in [1.82, 2.24) is 0 Å². The highest BCUT2D eigenvalue weighted by Crippen LogP contribution is 2.41. The van der Waals surface area contributed by atoms with E-state index in [1.54, 1.807) is 11.3 Å². The SMILES string of the molecule is CC1CCC(C(=O)N(c2cc(-c3ccccc3)sc2S)C(C)C)CC1. The first-order chi connectivity index (χ1) is 12.0. The molecule has 0 spiro atoms.